The quantitative estimate of drug-likeness (QED) is 0.448. The van der Waals surface area contributed by atoms with Crippen LogP contribution in [-0.2, 0) is 9.59 Å². The summed E-state index contributed by atoms with van der Waals surface area (Å²) in [6.45, 7) is 5.50. The molecule has 3 atom stereocenters. The fraction of sp³-hybridized carbons (Fsp3) is 0.786. The molecule has 0 aliphatic rings. The molecule has 0 aliphatic heterocycles. The lowest BCUT2D eigenvalue weighted by atomic mass is 9.98. The Morgan fingerprint density at radius 1 is 1.14 bits per heavy atom. The van der Waals surface area contributed by atoms with Crippen LogP contribution in [0.1, 0.15) is 46.5 Å². The van der Waals surface area contributed by atoms with Crippen molar-refractivity contribution >= 4 is 17.8 Å². The summed E-state index contributed by atoms with van der Waals surface area (Å²) in [6.07, 6.45) is -0.0432. The highest BCUT2D eigenvalue weighted by atomic mass is 16.4. The van der Waals surface area contributed by atoms with Crippen molar-refractivity contribution in [1.82, 2.24) is 10.6 Å². The van der Waals surface area contributed by atoms with E-state index in [1.165, 1.54) is 6.92 Å². The molecule has 2 amide bonds. The second kappa shape index (κ2) is 10.1. The molecule has 0 heterocycles. The summed E-state index contributed by atoms with van der Waals surface area (Å²) < 4.78 is 0. The van der Waals surface area contributed by atoms with Crippen LogP contribution in [0.4, 0.5) is 4.79 Å². The second-order valence-corrected chi connectivity index (χ2v) is 5.20. The summed E-state index contributed by atoms with van der Waals surface area (Å²) in [5.74, 6) is -0.669. The van der Waals surface area contributed by atoms with Gasteiger partial charge in [0.05, 0.1) is 0 Å². The van der Waals surface area contributed by atoms with Crippen LogP contribution in [0.2, 0.25) is 0 Å². The van der Waals surface area contributed by atoms with Gasteiger partial charge in [-0.3, -0.25) is 9.59 Å². The van der Waals surface area contributed by atoms with E-state index in [1.54, 1.807) is 0 Å². The lowest BCUT2D eigenvalue weighted by molar-refractivity contribution is -0.126. The number of amides is 2. The molecule has 0 aromatic carbocycles. The Balaban J connectivity index is 4.09. The third-order valence-electron chi connectivity index (χ3n) is 3.39. The molecule has 2 unspecified atom stereocenters. The highest BCUT2D eigenvalue weighted by molar-refractivity contribution is 5.85. The third kappa shape index (κ3) is 8.29. The monoisotopic (exact) mass is 302 g/mol. The van der Waals surface area contributed by atoms with Crippen LogP contribution in [0.25, 0.3) is 0 Å². The van der Waals surface area contributed by atoms with Crippen LogP contribution >= 0.6 is 0 Å². The molecule has 0 spiro atoms. The van der Waals surface area contributed by atoms with Crippen molar-refractivity contribution in [1.29, 1.82) is 0 Å². The van der Waals surface area contributed by atoms with Gasteiger partial charge >= 0.3 is 6.09 Å². The fourth-order valence-electron chi connectivity index (χ4n) is 1.79. The Morgan fingerprint density at radius 3 is 2.24 bits per heavy atom. The number of aliphatic hydroxyl groups excluding tert-OH is 1. The van der Waals surface area contributed by atoms with Crippen molar-refractivity contribution < 1.29 is 24.6 Å². The van der Waals surface area contributed by atoms with E-state index in [9.17, 15) is 14.4 Å². The number of rotatable bonds is 10. The Bertz CT molecular complexity index is 357. The maximum atomic E-state index is 11.9. The summed E-state index contributed by atoms with van der Waals surface area (Å²) in [5.41, 5.74) is 0. The molecule has 0 saturated heterocycles. The highest BCUT2D eigenvalue weighted by Crippen LogP contribution is 2.08. The number of unbranched alkanes of at least 4 members (excludes halogenated alkanes) is 1. The molecule has 0 radical (unpaired) electrons. The summed E-state index contributed by atoms with van der Waals surface area (Å²) in [6, 6.07) is -0.772. The van der Waals surface area contributed by atoms with Crippen molar-refractivity contribution in [2.75, 3.05) is 6.54 Å². The van der Waals surface area contributed by atoms with Gasteiger partial charge in [-0.1, -0.05) is 20.3 Å². The summed E-state index contributed by atoms with van der Waals surface area (Å²) in [5, 5.41) is 22.7. The normalized spacial score (nSPS) is 14.9. The zero-order valence-electron chi connectivity index (χ0n) is 12.9. The number of ketones is 1. The molecular formula is C14H26N2O5. The molecule has 21 heavy (non-hydrogen) atoms. The van der Waals surface area contributed by atoms with E-state index in [2.05, 4.69) is 10.6 Å². The molecule has 122 valence electrons. The number of nitrogens with one attached hydrogen (secondary N) is 2. The van der Waals surface area contributed by atoms with Gasteiger partial charge in [0, 0.05) is 13.0 Å². The van der Waals surface area contributed by atoms with Crippen LogP contribution in [0.15, 0.2) is 0 Å². The molecule has 0 rings (SSSR count). The number of hydrogen-bond donors (Lipinski definition) is 4. The first-order chi connectivity index (χ1) is 9.79. The third-order valence-corrected chi connectivity index (χ3v) is 3.39. The highest BCUT2D eigenvalue weighted by Gasteiger charge is 2.25. The lowest BCUT2D eigenvalue weighted by Gasteiger charge is -2.22. The van der Waals surface area contributed by atoms with Gasteiger partial charge in [-0.05, 0) is 25.7 Å². The summed E-state index contributed by atoms with van der Waals surface area (Å²) in [7, 11) is 0. The zero-order chi connectivity index (χ0) is 16.4. The van der Waals surface area contributed by atoms with Crippen molar-refractivity contribution in [3.8, 4) is 0 Å². The average Bonchev–Trinajstić information content (AvgIpc) is 2.42. The van der Waals surface area contributed by atoms with E-state index < -0.39 is 18.2 Å². The smallest absolute Gasteiger partial charge is 0.405 e. The number of carboxylic acid groups (broad SMARTS) is 1. The minimum absolute atomic E-state index is 0.0992. The van der Waals surface area contributed by atoms with Crippen molar-refractivity contribution in [2.45, 2.75) is 58.6 Å². The maximum absolute atomic E-state index is 11.9. The lowest BCUT2D eigenvalue weighted by Crippen LogP contribution is -2.50. The Labute approximate surface area is 125 Å². The molecule has 0 saturated carbocycles. The topological polar surface area (TPSA) is 116 Å². The van der Waals surface area contributed by atoms with Gasteiger partial charge in [0.15, 0.2) is 5.78 Å². The van der Waals surface area contributed by atoms with Gasteiger partial charge < -0.3 is 20.8 Å². The van der Waals surface area contributed by atoms with Gasteiger partial charge in [-0.25, -0.2) is 4.79 Å². The van der Waals surface area contributed by atoms with E-state index in [0.29, 0.717) is 25.8 Å². The van der Waals surface area contributed by atoms with E-state index in [0.717, 1.165) is 0 Å². The minimum atomic E-state index is -1.22. The molecule has 0 aliphatic carbocycles. The number of hydrogen-bond acceptors (Lipinski definition) is 4. The SMILES string of the molecule is CCC(C)[C@H](NC(=O)O)C(=O)NCCCCC(=O)C(C)O. The molecule has 0 aromatic rings. The maximum Gasteiger partial charge on any atom is 0.405 e. The van der Waals surface area contributed by atoms with Crippen LogP contribution < -0.4 is 10.6 Å². The Morgan fingerprint density at radius 2 is 1.76 bits per heavy atom. The van der Waals surface area contributed by atoms with Gasteiger partial charge in [0.2, 0.25) is 5.91 Å². The van der Waals surface area contributed by atoms with Crippen LogP contribution in [0.5, 0.6) is 0 Å². The molecule has 0 aromatic heterocycles. The first-order valence-electron chi connectivity index (χ1n) is 7.27. The summed E-state index contributed by atoms with van der Waals surface area (Å²) in [4.78, 5) is 33.8. The Kier molecular flexibility index (Phi) is 9.36. The average molecular weight is 302 g/mol. The van der Waals surface area contributed by atoms with E-state index in [1.807, 2.05) is 13.8 Å². The van der Waals surface area contributed by atoms with Gasteiger partial charge in [-0.15, -0.1) is 0 Å². The number of carbonyl (C=O) groups excluding carboxylic acids is 2. The molecular weight excluding hydrogens is 276 g/mol. The molecule has 4 N–H and O–H groups in total. The predicted molar refractivity (Wildman–Crippen MR) is 78.0 cm³/mol. The largest absolute Gasteiger partial charge is 0.465 e. The fourth-order valence-corrected chi connectivity index (χ4v) is 1.79. The Hall–Kier alpha value is -1.63. The van der Waals surface area contributed by atoms with Crippen LogP contribution in [-0.4, -0.2) is 46.7 Å². The van der Waals surface area contributed by atoms with Gasteiger partial charge in [0.1, 0.15) is 12.1 Å². The van der Waals surface area contributed by atoms with Crippen LogP contribution in [0, 0.1) is 5.92 Å². The second-order valence-electron chi connectivity index (χ2n) is 5.20. The standard InChI is InChI=1S/C14H26N2O5/c1-4-9(2)12(16-14(20)21)13(19)15-8-6-5-7-11(18)10(3)17/h9-10,12,16-17H,4-8H2,1-3H3,(H,15,19)(H,20,21)/t9?,10?,12-/m0/s1. The first-order valence-corrected chi connectivity index (χ1v) is 7.27. The number of aliphatic hydroxyl groups is 1. The van der Waals surface area contributed by atoms with Gasteiger partial charge in [-0.2, -0.15) is 0 Å². The number of carbonyl (C=O) groups is 3. The summed E-state index contributed by atoms with van der Waals surface area (Å²) >= 11 is 0. The van der Waals surface area contributed by atoms with E-state index in [4.69, 9.17) is 10.2 Å². The van der Waals surface area contributed by atoms with E-state index in [-0.39, 0.29) is 24.0 Å². The van der Waals surface area contributed by atoms with Crippen molar-refractivity contribution in [3.63, 3.8) is 0 Å². The first kappa shape index (κ1) is 19.4. The molecule has 0 bridgehead atoms. The molecule has 7 heteroatoms. The van der Waals surface area contributed by atoms with Crippen LogP contribution in [0.3, 0.4) is 0 Å². The molecule has 0 fully saturated rings. The zero-order valence-corrected chi connectivity index (χ0v) is 12.9. The van der Waals surface area contributed by atoms with Crippen molar-refractivity contribution in [3.05, 3.63) is 0 Å². The minimum Gasteiger partial charge on any atom is -0.465 e. The van der Waals surface area contributed by atoms with Gasteiger partial charge in [0.25, 0.3) is 0 Å². The molecule has 7 nitrogen and oxygen atoms in total. The van der Waals surface area contributed by atoms with Crippen molar-refractivity contribution in [2.24, 2.45) is 5.92 Å². The van der Waals surface area contributed by atoms with E-state index >= 15 is 0 Å². The predicted octanol–water partition coefficient (Wildman–Crippen LogP) is 0.905. The number of Topliss-reactive ketones (excluding diaryl/α,β-unsaturated/α-hetero) is 1.